The predicted molar refractivity (Wildman–Crippen MR) is 96.9 cm³/mol. The standard InChI is InChI=1S/C18H11F6N3OS/c19-17(20,21)13-5-3-12(4-6-13)15-10-29-16(26-15)27-25-9-11-1-7-14(8-2-11)28-18(22,23)24/h1-10H,(H,26,27). The van der Waals surface area contributed by atoms with Crippen LogP contribution < -0.4 is 10.2 Å². The van der Waals surface area contributed by atoms with Gasteiger partial charge in [0.25, 0.3) is 0 Å². The first-order valence-electron chi connectivity index (χ1n) is 7.88. The number of ether oxygens (including phenoxy) is 1. The first kappa shape index (κ1) is 20.6. The van der Waals surface area contributed by atoms with Crippen LogP contribution in [0.3, 0.4) is 0 Å². The van der Waals surface area contributed by atoms with E-state index in [1.165, 1.54) is 41.8 Å². The molecule has 0 spiro atoms. The lowest BCUT2D eigenvalue weighted by Crippen LogP contribution is -2.17. The average molecular weight is 431 g/mol. The van der Waals surface area contributed by atoms with Crippen molar-refractivity contribution in [2.75, 3.05) is 5.43 Å². The van der Waals surface area contributed by atoms with Gasteiger partial charge in [-0.25, -0.2) is 4.98 Å². The monoisotopic (exact) mass is 431 g/mol. The molecule has 0 saturated carbocycles. The summed E-state index contributed by atoms with van der Waals surface area (Å²) < 4.78 is 77.9. The van der Waals surface area contributed by atoms with Crippen LogP contribution in [-0.2, 0) is 6.18 Å². The second-order valence-corrected chi connectivity index (χ2v) is 6.46. The lowest BCUT2D eigenvalue weighted by atomic mass is 10.1. The van der Waals surface area contributed by atoms with Crippen LogP contribution in [0.4, 0.5) is 31.5 Å². The number of aromatic nitrogens is 1. The summed E-state index contributed by atoms with van der Waals surface area (Å²) in [5.41, 5.74) is 3.43. The maximum atomic E-state index is 12.6. The largest absolute Gasteiger partial charge is 0.573 e. The molecule has 1 aromatic heterocycles. The third-order valence-corrected chi connectivity index (χ3v) is 4.25. The Morgan fingerprint density at radius 2 is 1.59 bits per heavy atom. The van der Waals surface area contributed by atoms with Gasteiger partial charge >= 0.3 is 12.5 Å². The fourth-order valence-corrected chi connectivity index (χ4v) is 2.87. The SMILES string of the molecule is FC(F)(F)Oc1ccc(C=NNc2nc(-c3ccc(C(F)(F)F)cc3)cs2)cc1. The van der Waals surface area contributed by atoms with Crippen molar-refractivity contribution in [3.63, 3.8) is 0 Å². The van der Waals surface area contributed by atoms with Crippen LogP contribution in [0.2, 0.25) is 0 Å². The van der Waals surface area contributed by atoms with Crippen molar-refractivity contribution >= 4 is 22.7 Å². The molecule has 0 radical (unpaired) electrons. The molecule has 4 nitrogen and oxygen atoms in total. The number of hydrazone groups is 1. The van der Waals surface area contributed by atoms with Gasteiger partial charge in [0, 0.05) is 10.9 Å². The molecule has 1 N–H and O–H groups in total. The van der Waals surface area contributed by atoms with Crippen molar-refractivity contribution in [2.24, 2.45) is 5.10 Å². The number of rotatable bonds is 5. The van der Waals surface area contributed by atoms with E-state index in [9.17, 15) is 26.3 Å². The summed E-state index contributed by atoms with van der Waals surface area (Å²) in [6, 6.07) is 9.70. The number of nitrogens with one attached hydrogen (secondary N) is 1. The zero-order chi connectivity index (χ0) is 21.1. The highest BCUT2D eigenvalue weighted by Crippen LogP contribution is 2.31. The van der Waals surface area contributed by atoms with Gasteiger partial charge in [-0.05, 0) is 42.0 Å². The molecular weight excluding hydrogens is 420 g/mol. The fourth-order valence-electron chi connectivity index (χ4n) is 2.21. The molecule has 0 unspecified atom stereocenters. The van der Waals surface area contributed by atoms with Gasteiger partial charge in [0.1, 0.15) is 5.75 Å². The fraction of sp³-hybridized carbons (Fsp3) is 0.111. The number of nitrogens with zero attached hydrogens (tertiary/aromatic N) is 2. The van der Waals surface area contributed by atoms with Crippen LogP contribution in [0.25, 0.3) is 11.3 Å². The van der Waals surface area contributed by atoms with Crippen molar-refractivity contribution in [1.29, 1.82) is 0 Å². The van der Waals surface area contributed by atoms with Crippen LogP contribution in [0.1, 0.15) is 11.1 Å². The van der Waals surface area contributed by atoms with Gasteiger partial charge in [-0.2, -0.15) is 18.3 Å². The summed E-state index contributed by atoms with van der Waals surface area (Å²) >= 11 is 1.19. The Balaban J connectivity index is 1.60. The Bertz CT molecular complexity index is 979. The minimum atomic E-state index is -4.76. The van der Waals surface area contributed by atoms with E-state index in [-0.39, 0.29) is 5.75 Å². The zero-order valence-electron chi connectivity index (χ0n) is 14.3. The Morgan fingerprint density at radius 1 is 0.931 bits per heavy atom. The molecule has 0 fully saturated rings. The minimum absolute atomic E-state index is 0.344. The molecule has 3 aromatic rings. The molecular formula is C18H11F6N3OS. The molecule has 152 valence electrons. The van der Waals surface area contributed by atoms with Gasteiger partial charge in [0.05, 0.1) is 17.5 Å². The van der Waals surface area contributed by atoms with Gasteiger partial charge in [0.2, 0.25) is 5.13 Å². The van der Waals surface area contributed by atoms with Crippen LogP contribution in [0.5, 0.6) is 5.75 Å². The van der Waals surface area contributed by atoms with Gasteiger partial charge in [-0.3, -0.25) is 5.43 Å². The molecule has 29 heavy (non-hydrogen) atoms. The Hall–Kier alpha value is -3.08. The molecule has 0 aliphatic carbocycles. The number of halogens is 6. The third kappa shape index (κ3) is 5.95. The molecule has 0 bridgehead atoms. The summed E-state index contributed by atoms with van der Waals surface area (Å²) in [5, 5.41) is 5.98. The molecule has 11 heteroatoms. The molecule has 2 aromatic carbocycles. The topological polar surface area (TPSA) is 46.5 Å². The summed E-state index contributed by atoms with van der Waals surface area (Å²) in [4.78, 5) is 4.23. The predicted octanol–water partition coefficient (Wildman–Crippen LogP) is 6.17. The Labute approximate surface area is 164 Å². The number of thiazole rings is 1. The second kappa shape index (κ2) is 8.11. The van der Waals surface area contributed by atoms with Gasteiger partial charge < -0.3 is 4.74 Å². The lowest BCUT2D eigenvalue weighted by molar-refractivity contribution is -0.274. The van der Waals surface area contributed by atoms with Gasteiger partial charge in [0.15, 0.2) is 0 Å². The summed E-state index contributed by atoms with van der Waals surface area (Å²) in [6.45, 7) is 0. The van der Waals surface area contributed by atoms with E-state index in [4.69, 9.17) is 0 Å². The van der Waals surface area contributed by atoms with E-state index in [2.05, 4.69) is 20.2 Å². The molecule has 1 heterocycles. The lowest BCUT2D eigenvalue weighted by Gasteiger charge is -2.08. The van der Waals surface area contributed by atoms with E-state index < -0.39 is 18.1 Å². The number of anilines is 1. The van der Waals surface area contributed by atoms with Gasteiger partial charge in [-0.15, -0.1) is 24.5 Å². The van der Waals surface area contributed by atoms with E-state index in [1.807, 2.05) is 0 Å². The highest BCUT2D eigenvalue weighted by Gasteiger charge is 2.31. The smallest absolute Gasteiger partial charge is 0.406 e. The van der Waals surface area contributed by atoms with Crippen molar-refractivity contribution < 1.29 is 31.1 Å². The highest BCUT2D eigenvalue weighted by molar-refractivity contribution is 7.14. The van der Waals surface area contributed by atoms with E-state index in [0.717, 1.165) is 24.3 Å². The third-order valence-electron chi connectivity index (χ3n) is 3.50. The molecule has 0 amide bonds. The van der Waals surface area contributed by atoms with E-state index >= 15 is 0 Å². The molecule has 0 atom stereocenters. The van der Waals surface area contributed by atoms with Crippen LogP contribution in [0.15, 0.2) is 59.0 Å². The maximum absolute atomic E-state index is 12.6. The molecule has 0 saturated heterocycles. The number of benzene rings is 2. The first-order chi connectivity index (χ1) is 13.6. The maximum Gasteiger partial charge on any atom is 0.573 e. The van der Waals surface area contributed by atoms with Crippen LogP contribution >= 0.6 is 11.3 Å². The normalized spacial score (nSPS) is 12.3. The number of hydrogen-bond acceptors (Lipinski definition) is 5. The van der Waals surface area contributed by atoms with Crippen LogP contribution in [0, 0.1) is 0 Å². The average Bonchev–Trinajstić information content (AvgIpc) is 3.10. The van der Waals surface area contributed by atoms with E-state index in [0.29, 0.717) is 22.0 Å². The van der Waals surface area contributed by atoms with E-state index in [1.54, 1.807) is 5.38 Å². The van der Waals surface area contributed by atoms with Crippen molar-refractivity contribution in [2.45, 2.75) is 12.5 Å². The highest BCUT2D eigenvalue weighted by atomic mass is 32.1. The molecule has 0 aliphatic heterocycles. The van der Waals surface area contributed by atoms with Crippen molar-refractivity contribution in [3.8, 4) is 17.0 Å². The summed E-state index contributed by atoms with van der Waals surface area (Å²) in [7, 11) is 0. The number of hydrogen-bond donors (Lipinski definition) is 1. The van der Waals surface area contributed by atoms with Crippen molar-refractivity contribution in [1.82, 2.24) is 4.98 Å². The Morgan fingerprint density at radius 3 is 2.17 bits per heavy atom. The van der Waals surface area contributed by atoms with Gasteiger partial charge in [-0.1, -0.05) is 12.1 Å². The summed E-state index contributed by atoms with van der Waals surface area (Å²) in [5.74, 6) is -0.344. The zero-order valence-corrected chi connectivity index (χ0v) is 15.1. The minimum Gasteiger partial charge on any atom is -0.406 e. The quantitative estimate of drug-likeness (QED) is 0.298. The first-order valence-corrected chi connectivity index (χ1v) is 8.76. The second-order valence-electron chi connectivity index (χ2n) is 5.60. The van der Waals surface area contributed by atoms with Crippen LogP contribution in [-0.4, -0.2) is 17.6 Å². The molecule has 0 aliphatic rings. The number of alkyl halides is 6. The molecule has 3 rings (SSSR count). The Kier molecular flexibility index (Phi) is 5.78. The van der Waals surface area contributed by atoms with Crippen molar-refractivity contribution in [3.05, 3.63) is 65.0 Å². The summed E-state index contributed by atoms with van der Waals surface area (Å²) in [6.07, 6.45) is -7.79.